The molecule has 0 aromatic heterocycles. The minimum absolute atomic E-state index is 0.402. The van der Waals surface area contributed by atoms with Gasteiger partial charge < -0.3 is 5.32 Å². The van der Waals surface area contributed by atoms with Gasteiger partial charge in [-0.15, -0.1) is 0 Å². The quantitative estimate of drug-likeness (QED) is 0.828. The first-order chi connectivity index (χ1) is 8.60. The lowest BCUT2D eigenvalue weighted by atomic mass is 9.88. The molecular weight excluding hydrogens is 220 g/mol. The second kappa shape index (κ2) is 4.79. The van der Waals surface area contributed by atoms with Crippen molar-refractivity contribution in [2.45, 2.75) is 76.9 Å². The Balaban J connectivity index is 1.68. The molecule has 1 N–H and O–H groups in total. The minimum atomic E-state index is 0.402. The lowest BCUT2D eigenvalue weighted by molar-refractivity contribution is 0.0309. The predicted molar refractivity (Wildman–Crippen MR) is 76.7 cm³/mol. The van der Waals surface area contributed by atoms with E-state index < -0.39 is 0 Å². The molecule has 0 bridgehead atoms. The summed E-state index contributed by atoms with van der Waals surface area (Å²) in [4.78, 5) is 2.82. The van der Waals surface area contributed by atoms with Crippen LogP contribution in [0.2, 0.25) is 0 Å². The molecule has 0 aromatic rings. The summed E-state index contributed by atoms with van der Waals surface area (Å²) in [6.45, 7) is 9.82. The maximum absolute atomic E-state index is 3.84. The third kappa shape index (κ3) is 2.34. The van der Waals surface area contributed by atoms with Crippen LogP contribution >= 0.6 is 0 Å². The average molecular weight is 250 g/mol. The Hall–Kier alpha value is -0.0800. The summed E-state index contributed by atoms with van der Waals surface area (Å²) in [5.41, 5.74) is 0.402. The van der Waals surface area contributed by atoms with Crippen LogP contribution in [0.5, 0.6) is 0 Å². The highest BCUT2D eigenvalue weighted by molar-refractivity contribution is 5.04. The van der Waals surface area contributed by atoms with E-state index in [0.29, 0.717) is 11.6 Å². The highest BCUT2D eigenvalue weighted by Gasteiger charge is 2.46. The van der Waals surface area contributed by atoms with Crippen LogP contribution < -0.4 is 5.32 Å². The molecule has 1 saturated heterocycles. The van der Waals surface area contributed by atoms with Gasteiger partial charge in [0.25, 0.3) is 0 Å². The number of hydrogen-bond donors (Lipinski definition) is 1. The smallest absolute Gasteiger partial charge is 0.0309 e. The van der Waals surface area contributed by atoms with Crippen LogP contribution in [0.3, 0.4) is 0 Å². The summed E-state index contributed by atoms with van der Waals surface area (Å²) in [6, 6.07) is 1.51. The van der Waals surface area contributed by atoms with Crippen LogP contribution in [0.1, 0.15) is 59.3 Å². The van der Waals surface area contributed by atoms with Gasteiger partial charge in [0.15, 0.2) is 0 Å². The van der Waals surface area contributed by atoms with E-state index in [1.165, 1.54) is 51.6 Å². The van der Waals surface area contributed by atoms with E-state index in [-0.39, 0.29) is 0 Å². The molecule has 0 aromatic carbocycles. The molecule has 0 spiro atoms. The molecule has 3 rings (SSSR count). The predicted octanol–water partition coefficient (Wildman–Crippen LogP) is 3.03. The van der Waals surface area contributed by atoms with Crippen molar-refractivity contribution in [1.82, 2.24) is 10.2 Å². The molecular formula is C16H30N2. The molecule has 3 unspecified atom stereocenters. The van der Waals surface area contributed by atoms with Gasteiger partial charge in [-0.2, -0.15) is 0 Å². The molecule has 2 heteroatoms. The van der Waals surface area contributed by atoms with Crippen molar-refractivity contribution in [3.05, 3.63) is 0 Å². The SMILES string of the molecule is CC1CNC(C)(C2CC2)CN1C(C)C1CCCC1. The first-order valence-electron chi connectivity index (χ1n) is 8.11. The number of piperazine rings is 1. The summed E-state index contributed by atoms with van der Waals surface area (Å²) >= 11 is 0. The van der Waals surface area contributed by atoms with Crippen molar-refractivity contribution in [2.75, 3.05) is 13.1 Å². The molecule has 3 fully saturated rings. The highest BCUT2D eigenvalue weighted by atomic mass is 15.3. The Bertz CT molecular complexity index is 293. The summed E-state index contributed by atoms with van der Waals surface area (Å²) in [6.07, 6.45) is 8.77. The van der Waals surface area contributed by atoms with Crippen LogP contribution in [-0.4, -0.2) is 35.6 Å². The minimum Gasteiger partial charge on any atom is -0.308 e. The number of hydrogen-bond acceptors (Lipinski definition) is 2. The molecule has 0 radical (unpaired) electrons. The van der Waals surface area contributed by atoms with Crippen LogP contribution in [0.4, 0.5) is 0 Å². The van der Waals surface area contributed by atoms with E-state index >= 15 is 0 Å². The van der Waals surface area contributed by atoms with Gasteiger partial charge >= 0.3 is 0 Å². The van der Waals surface area contributed by atoms with Crippen molar-refractivity contribution < 1.29 is 0 Å². The van der Waals surface area contributed by atoms with Crippen molar-refractivity contribution in [2.24, 2.45) is 11.8 Å². The number of rotatable bonds is 3. The van der Waals surface area contributed by atoms with Crippen molar-refractivity contribution in [3.63, 3.8) is 0 Å². The van der Waals surface area contributed by atoms with Gasteiger partial charge in [-0.1, -0.05) is 12.8 Å². The molecule has 1 aliphatic heterocycles. The van der Waals surface area contributed by atoms with Gasteiger partial charge in [-0.25, -0.2) is 0 Å². The topological polar surface area (TPSA) is 15.3 Å². The largest absolute Gasteiger partial charge is 0.308 e. The fourth-order valence-corrected chi connectivity index (χ4v) is 4.34. The van der Waals surface area contributed by atoms with Gasteiger partial charge in [0, 0.05) is 30.7 Å². The lowest BCUT2D eigenvalue weighted by Crippen LogP contribution is -2.65. The molecule has 3 aliphatic rings. The Morgan fingerprint density at radius 1 is 1.17 bits per heavy atom. The zero-order valence-corrected chi connectivity index (χ0v) is 12.4. The van der Waals surface area contributed by atoms with Gasteiger partial charge in [-0.3, -0.25) is 4.90 Å². The second-order valence-electron chi connectivity index (χ2n) is 7.38. The van der Waals surface area contributed by atoms with Gasteiger partial charge in [0.05, 0.1) is 0 Å². The monoisotopic (exact) mass is 250 g/mol. The zero-order valence-electron chi connectivity index (χ0n) is 12.4. The molecule has 104 valence electrons. The van der Waals surface area contributed by atoms with Gasteiger partial charge in [-0.05, 0) is 58.3 Å². The summed E-state index contributed by atoms with van der Waals surface area (Å²) in [5, 5.41) is 3.84. The van der Waals surface area contributed by atoms with Crippen LogP contribution in [0, 0.1) is 11.8 Å². The Morgan fingerprint density at radius 2 is 1.83 bits per heavy atom. The Kier molecular flexibility index (Phi) is 3.44. The Labute approximate surface area is 113 Å². The summed E-state index contributed by atoms with van der Waals surface area (Å²) in [5.74, 6) is 1.91. The van der Waals surface area contributed by atoms with Crippen molar-refractivity contribution in [1.29, 1.82) is 0 Å². The maximum atomic E-state index is 3.84. The van der Waals surface area contributed by atoms with Crippen LogP contribution in [0.25, 0.3) is 0 Å². The zero-order chi connectivity index (χ0) is 12.8. The molecule has 2 saturated carbocycles. The summed E-state index contributed by atoms with van der Waals surface area (Å²) in [7, 11) is 0. The second-order valence-corrected chi connectivity index (χ2v) is 7.38. The third-order valence-electron chi connectivity index (χ3n) is 5.96. The Morgan fingerprint density at radius 3 is 2.44 bits per heavy atom. The van der Waals surface area contributed by atoms with Crippen molar-refractivity contribution in [3.8, 4) is 0 Å². The standard InChI is InChI=1S/C16H30N2/c1-12-10-17-16(3,15-8-9-15)11-18(12)13(2)14-6-4-5-7-14/h12-15,17H,4-11H2,1-3H3. The molecule has 1 heterocycles. The fraction of sp³-hybridized carbons (Fsp3) is 1.00. The maximum Gasteiger partial charge on any atom is 0.0309 e. The van der Waals surface area contributed by atoms with Gasteiger partial charge in [0.2, 0.25) is 0 Å². The summed E-state index contributed by atoms with van der Waals surface area (Å²) < 4.78 is 0. The average Bonchev–Trinajstić information content (AvgIpc) is 3.09. The van der Waals surface area contributed by atoms with E-state index in [2.05, 4.69) is 31.0 Å². The molecule has 3 atom stereocenters. The lowest BCUT2D eigenvalue weighted by Gasteiger charge is -2.49. The van der Waals surface area contributed by atoms with E-state index in [1.54, 1.807) is 0 Å². The number of nitrogens with one attached hydrogen (secondary N) is 1. The van der Waals surface area contributed by atoms with Crippen molar-refractivity contribution >= 4 is 0 Å². The first kappa shape index (κ1) is 12.9. The first-order valence-corrected chi connectivity index (χ1v) is 8.11. The van der Waals surface area contributed by atoms with Crippen LogP contribution in [-0.2, 0) is 0 Å². The fourth-order valence-electron chi connectivity index (χ4n) is 4.34. The van der Waals surface area contributed by atoms with E-state index in [9.17, 15) is 0 Å². The van der Waals surface area contributed by atoms with Crippen LogP contribution in [0.15, 0.2) is 0 Å². The highest BCUT2D eigenvalue weighted by Crippen LogP contribution is 2.42. The normalized spacial score (nSPS) is 41.2. The molecule has 2 nitrogen and oxygen atoms in total. The van der Waals surface area contributed by atoms with E-state index in [0.717, 1.165) is 17.9 Å². The number of nitrogens with zero attached hydrogens (tertiary/aromatic N) is 1. The van der Waals surface area contributed by atoms with Gasteiger partial charge in [0.1, 0.15) is 0 Å². The van der Waals surface area contributed by atoms with E-state index in [1.807, 2.05) is 0 Å². The molecule has 2 aliphatic carbocycles. The molecule has 18 heavy (non-hydrogen) atoms. The molecule has 0 amide bonds. The third-order valence-corrected chi connectivity index (χ3v) is 5.96. The van der Waals surface area contributed by atoms with E-state index in [4.69, 9.17) is 0 Å².